The Balaban J connectivity index is 1.29. The van der Waals surface area contributed by atoms with Crippen LogP contribution in [0.4, 0.5) is 0 Å². The number of aryl methyl sites for hydroxylation is 2. The van der Waals surface area contributed by atoms with Crippen LogP contribution in [0.25, 0.3) is 0 Å². The maximum absolute atomic E-state index is 13.0. The Morgan fingerprint density at radius 1 is 0.880 bits per heavy atom. The van der Waals surface area contributed by atoms with E-state index in [1.165, 1.54) is 11.1 Å². The molecule has 2 heterocycles. The van der Waals surface area contributed by atoms with Crippen LogP contribution < -0.4 is 0 Å². The number of carboxylic acid groups (broad SMARTS) is 1. The SMILES string of the molecule is C=CCOCCCCc1ccc(Cc2cc([C@]34OC[C@](C(=O)O)(O3)[C@@H](C)[C@H](OCc3ccccc3)[C@H]4OCc3ccccc3)ccc2C)cc1. The summed E-state index contributed by atoms with van der Waals surface area (Å²) in [6, 6.07) is 34.7. The number of rotatable bonds is 17. The number of carboxylic acids is 1. The fourth-order valence-corrected chi connectivity index (χ4v) is 7.04. The van der Waals surface area contributed by atoms with Crippen molar-refractivity contribution in [1.29, 1.82) is 0 Å². The molecular formula is C43H48O7. The van der Waals surface area contributed by atoms with Crippen LogP contribution in [0.5, 0.6) is 0 Å². The summed E-state index contributed by atoms with van der Waals surface area (Å²) in [7, 11) is 0. The monoisotopic (exact) mass is 676 g/mol. The summed E-state index contributed by atoms with van der Waals surface area (Å²) in [5.41, 5.74) is 5.80. The summed E-state index contributed by atoms with van der Waals surface area (Å²) >= 11 is 0. The van der Waals surface area contributed by atoms with Crippen LogP contribution in [-0.2, 0) is 60.3 Å². The zero-order valence-electron chi connectivity index (χ0n) is 29.1. The maximum atomic E-state index is 13.0. The van der Waals surface area contributed by atoms with E-state index in [0.717, 1.165) is 53.7 Å². The topological polar surface area (TPSA) is 83.5 Å². The van der Waals surface area contributed by atoms with Gasteiger partial charge in [-0.15, -0.1) is 6.58 Å². The molecule has 2 aliphatic rings. The van der Waals surface area contributed by atoms with Gasteiger partial charge in [0.05, 0.1) is 32.5 Å². The second-order valence-electron chi connectivity index (χ2n) is 13.5. The van der Waals surface area contributed by atoms with E-state index in [2.05, 4.69) is 49.9 Å². The van der Waals surface area contributed by atoms with Crippen molar-refractivity contribution in [2.75, 3.05) is 19.8 Å². The first-order chi connectivity index (χ1) is 24.3. The van der Waals surface area contributed by atoms with Crippen molar-refractivity contribution >= 4 is 5.97 Å². The molecule has 4 aromatic rings. The van der Waals surface area contributed by atoms with Gasteiger partial charge in [0.1, 0.15) is 6.10 Å². The van der Waals surface area contributed by atoms with Gasteiger partial charge in [-0.1, -0.05) is 110 Å². The van der Waals surface area contributed by atoms with Crippen molar-refractivity contribution < 1.29 is 33.6 Å². The molecule has 2 bridgehead atoms. The lowest BCUT2D eigenvalue weighted by atomic mass is 9.77. The molecule has 262 valence electrons. The quantitative estimate of drug-likeness (QED) is 0.0898. The molecule has 2 fully saturated rings. The van der Waals surface area contributed by atoms with Crippen molar-refractivity contribution in [1.82, 2.24) is 0 Å². The molecule has 1 N–H and O–H groups in total. The van der Waals surface area contributed by atoms with E-state index in [0.29, 0.717) is 19.6 Å². The number of fused-ring (bicyclic) bond motifs is 2. The largest absolute Gasteiger partial charge is 0.479 e. The van der Waals surface area contributed by atoms with Crippen LogP contribution in [0, 0.1) is 12.8 Å². The highest BCUT2D eigenvalue weighted by Gasteiger charge is 2.70. The number of aliphatic carboxylic acids is 1. The minimum atomic E-state index is -1.60. The minimum absolute atomic E-state index is 0.120. The van der Waals surface area contributed by atoms with Crippen molar-refractivity contribution in [2.24, 2.45) is 5.92 Å². The summed E-state index contributed by atoms with van der Waals surface area (Å²) in [4.78, 5) is 13.0. The number of benzene rings is 4. The number of unbranched alkanes of at least 4 members (excludes halogenated alkanes) is 1. The van der Waals surface area contributed by atoms with Gasteiger partial charge in [-0.25, -0.2) is 4.79 Å². The van der Waals surface area contributed by atoms with E-state index in [9.17, 15) is 9.90 Å². The van der Waals surface area contributed by atoms with Gasteiger partial charge >= 0.3 is 5.97 Å². The highest BCUT2D eigenvalue weighted by atomic mass is 16.8. The molecular weight excluding hydrogens is 628 g/mol. The van der Waals surface area contributed by atoms with Gasteiger partial charge in [0.2, 0.25) is 5.79 Å². The third kappa shape index (κ3) is 7.78. The van der Waals surface area contributed by atoms with Crippen LogP contribution in [0.1, 0.15) is 58.7 Å². The normalized spacial score (nSPS) is 24.2. The predicted octanol–water partition coefficient (Wildman–Crippen LogP) is 7.95. The lowest BCUT2D eigenvalue weighted by molar-refractivity contribution is -0.330. The minimum Gasteiger partial charge on any atom is -0.479 e. The molecule has 2 aliphatic heterocycles. The van der Waals surface area contributed by atoms with E-state index < -0.39 is 35.5 Å². The molecule has 0 aromatic heterocycles. The second-order valence-corrected chi connectivity index (χ2v) is 13.5. The van der Waals surface area contributed by atoms with E-state index in [1.54, 1.807) is 6.08 Å². The van der Waals surface area contributed by atoms with Gasteiger partial charge in [0, 0.05) is 18.1 Å². The third-order valence-electron chi connectivity index (χ3n) is 10.1. The van der Waals surface area contributed by atoms with E-state index in [1.807, 2.05) is 73.7 Å². The Bertz CT molecular complexity index is 1710. The Labute approximate surface area is 295 Å². The van der Waals surface area contributed by atoms with Gasteiger partial charge < -0.3 is 28.8 Å². The Morgan fingerprint density at radius 3 is 2.20 bits per heavy atom. The Kier molecular flexibility index (Phi) is 11.6. The van der Waals surface area contributed by atoms with Gasteiger partial charge in [0.15, 0.2) is 5.60 Å². The molecule has 0 spiro atoms. The molecule has 0 aliphatic carbocycles. The molecule has 0 unspecified atom stereocenters. The average molecular weight is 677 g/mol. The lowest BCUT2D eigenvalue weighted by Crippen LogP contribution is -2.64. The van der Waals surface area contributed by atoms with Crippen molar-refractivity contribution in [2.45, 2.75) is 76.3 Å². The van der Waals surface area contributed by atoms with E-state index in [-0.39, 0.29) is 13.2 Å². The molecule has 4 aromatic carbocycles. The molecule has 6 rings (SSSR count). The van der Waals surface area contributed by atoms with Crippen LogP contribution in [0.3, 0.4) is 0 Å². The molecule has 0 amide bonds. The maximum Gasteiger partial charge on any atom is 0.338 e. The van der Waals surface area contributed by atoms with Crippen molar-refractivity contribution in [3.05, 3.63) is 155 Å². The van der Waals surface area contributed by atoms with E-state index in [4.69, 9.17) is 23.7 Å². The summed E-state index contributed by atoms with van der Waals surface area (Å²) in [6.45, 7) is 9.45. The second kappa shape index (κ2) is 16.3. The molecule has 7 heteroatoms. The summed E-state index contributed by atoms with van der Waals surface area (Å²) in [5.74, 6) is -3.13. The summed E-state index contributed by atoms with van der Waals surface area (Å²) < 4.78 is 32.2. The van der Waals surface area contributed by atoms with Crippen molar-refractivity contribution in [3.8, 4) is 0 Å². The molecule has 5 atom stereocenters. The van der Waals surface area contributed by atoms with Gasteiger partial charge in [-0.2, -0.15) is 0 Å². The first-order valence-corrected chi connectivity index (χ1v) is 17.6. The van der Waals surface area contributed by atoms with Crippen LogP contribution >= 0.6 is 0 Å². The van der Waals surface area contributed by atoms with Gasteiger partial charge in [-0.3, -0.25) is 0 Å². The number of hydrogen-bond acceptors (Lipinski definition) is 6. The molecule has 50 heavy (non-hydrogen) atoms. The Hall–Kier alpha value is -4.11. The zero-order chi connectivity index (χ0) is 35.0. The Morgan fingerprint density at radius 2 is 1.54 bits per heavy atom. The molecule has 0 saturated carbocycles. The third-order valence-corrected chi connectivity index (χ3v) is 10.1. The summed E-state index contributed by atoms with van der Waals surface area (Å²) in [5, 5.41) is 10.7. The predicted molar refractivity (Wildman–Crippen MR) is 193 cm³/mol. The van der Waals surface area contributed by atoms with Crippen LogP contribution in [0.15, 0.2) is 116 Å². The van der Waals surface area contributed by atoms with Crippen molar-refractivity contribution in [3.63, 3.8) is 0 Å². The first kappa shape index (κ1) is 35.7. The summed E-state index contributed by atoms with van der Waals surface area (Å²) in [6.07, 6.45) is 4.17. The van der Waals surface area contributed by atoms with Crippen LogP contribution in [-0.4, -0.2) is 48.7 Å². The zero-order valence-corrected chi connectivity index (χ0v) is 29.1. The fourth-order valence-electron chi connectivity index (χ4n) is 7.04. The number of ether oxygens (including phenoxy) is 5. The standard InChI is InChI=1S/C43H48O7/c1-4-24-46-25-12-11-13-33-19-21-34(22-20-33)26-37-27-38(23-18-31(37)2)43-40(48-29-36-16-9-6-10-17-36)39(47-28-35-14-7-5-8-15-35)32(3)42(50-43,30-49-43)41(44)45/h4-10,14-23,27,32,39-40H,1,11-13,24-26,28-30H2,2-3H3,(H,44,45)/t32-,39-,40+,42-,43-/m0/s1. The molecule has 7 nitrogen and oxygen atoms in total. The fraction of sp³-hybridized carbons (Fsp3) is 0.372. The smallest absolute Gasteiger partial charge is 0.338 e. The molecule has 0 radical (unpaired) electrons. The molecule has 2 saturated heterocycles. The number of hydrogen-bond donors (Lipinski definition) is 1. The highest BCUT2D eigenvalue weighted by molar-refractivity contribution is 5.79. The van der Waals surface area contributed by atoms with Crippen LogP contribution in [0.2, 0.25) is 0 Å². The van der Waals surface area contributed by atoms with Gasteiger partial charge in [-0.05, 0) is 72.1 Å². The lowest BCUT2D eigenvalue weighted by Gasteiger charge is -2.49. The van der Waals surface area contributed by atoms with Gasteiger partial charge in [0.25, 0.3) is 0 Å². The average Bonchev–Trinajstić information content (AvgIpc) is 3.52. The van der Waals surface area contributed by atoms with E-state index >= 15 is 0 Å². The highest BCUT2D eigenvalue weighted by Crippen LogP contribution is 2.54. The first-order valence-electron chi connectivity index (χ1n) is 17.6. The number of carbonyl (C=O) groups is 1.